The van der Waals surface area contributed by atoms with E-state index in [1.807, 2.05) is 35.2 Å². The second-order valence-corrected chi connectivity index (χ2v) is 7.41. The summed E-state index contributed by atoms with van der Waals surface area (Å²) >= 11 is 0. The van der Waals surface area contributed by atoms with Gasteiger partial charge in [0.2, 0.25) is 5.91 Å². The van der Waals surface area contributed by atoms with Crippen LogP contribution in [0.4, 0.5) is 0 Å². The van der Waals surface area contributed by atoms with Crippen LogP contribution in [0.25, 0.3) is 0 Å². The standard InChI is InChI=1S/C23H25NO2/c1-26-21-10-8-19(9-11-21)20-12-14-23(16-20)13-5-15-24(22(23)25)17-18-6-3-2-4-7-18/h2-4,6-12,14,20H,5,13,15-17H2,1H3/t20-,23+/m0/s1. The molecule has 0 N–H and O–H groups in total. The van der Waals surface area contributed by atoms with Gasteiger partial charge < -0.3 is 9.64 Å². The third-order valence-corrected chi connectivity index (χ3v) is 5.76. The number of likely N-dealkylation sites (tertiary alicyclic amines) is 1. The highest BCUT2D eigenvalue weighted by Gasteiger charge is 2.45. The average Bonchev–Trinajstić information content (AvgIpc) is 3.12. The zero-order chi connectivity index (χ0) is 18.0. The predicted molar refractivity (Wildman–Crippen MR) is 103 cm³/mol. The molecule has 1 aliphatic heterocycles. The Kier molecular flexibility index (Phi) is 4.54. The molecule has 2 aliphatic rings. The van der Waals surface area contributed by atoms with Crippen molar-refractivity contribution in [2.75, 3.05) is 13.7 Å². The maximum Gasteiger partial charge on any atom is 0.232 e. The Labute approximate surface area is 155 Å². The third kappa shape index (κ3) is 3.14. The largest absolute Gasteiger partial charge is 0.497 e. The highest BCUT2D eigenvalue weighted by Crippen LogP contribution is 2.47. The first kappa shape index (κ1) is 16.9. The molecule has 2 aromatic carbocycles. The maximum absolute atomic E-state index is 13.3. The second-order valence-electron chi connectivity index (χ2n) is 7.41. The molecular weight excluding hydrogens is 322 g/mol. The lowest BCUT2D eigenvalue weighted by atomic mass is 9.76. The zero-order valence-electron chi connectivity index (χ0n) is 15.2. The lowest BCUT2D eigenvalue weighted by Gasteiger charge is -2.39. The molecular formula is C23H25NO2. The lowest BCUT2D eigenvalue weighted by Crippen LogP contribution is -2.46. The molecule has 1 spiro atoms. The van der Waals surface area contributed by atoms with Gasteiger partial charge in [-0.15, -0.1) is 0 Å². The fourth-order valence-electron chi connectivity index (χ4n) is 4.32. The van der Waals surface area contributed by atoms with Crippen LogP contribution in [0.2, 0.25) is 0 Å². The van der Waals surface area contributed by atoms with Crippen LogP contribution >= 0.6 is 0 Å². The molecule has 1 amide bonds. The molecule has 1 saturated heterocycles. The summed E-state index contributed by atoms with van der Waals surface area (Å²) in [5.74, 6) is 1.47. The maximum atomic E-state index is 13.3. The number of allylic oxidation sites excluding steroid dienone is 1. The lowest BCUT2D eigenvalue weighted by molar-refractivity contribution is -0.144. The molecule has 4 rings (SSSR count). The van der Waals surface area contributed by atoms with Crippen molar-refractivity contribution in [2.45, 2.75) is 31.7 Å². The van der Waals surface area contributed by atoms with Gasteiger partial charge in [-0.3, -0.25) is 4.79 Å². The van der Waals surface area contributed by atoms with Gasteiger partial charge in [0.25, 0.3) is 0 Å². The topological polar surface area (TPSA) is 29.5 Å². The van der Waals surface area contributed by atoms with Crippen molar-refractivity contribution in [3.05, 3.63) is 77.9 Å². The van der Waals surface area contributed by atoms with E-state index in [0.717, 1.165) is 31.6 Å². The second kappa shape index (κ2) is 6.99. The van der Waals surface area contributed by atoms with Gasteiger partial charge >= 0.3 is 0 Å². The first-order valence-corrected chi connectivity index (χ1v) is 9.37. The number of hydrogen-bond donors (Lipinski definition) is 0. The molecule has 134 valence electrons. The summed E-state index contributed by atoms with van der Waals surface area (Å²) in [5.41, 5.74) is 2.14. The van der Waals surface area contributed by atoms with Crippen molar-refractivity contribution in [2.24, 2.45) is 5.41 Å². The minimum atomic E-state index is -0.322. The molecule has 0 radical (unpaired) electrons. The predicted octanol–water partition coefficient (Wildman–Crippen LogP) is 4.55. The Balaban J connectivity index is 1.49. The van der Waals surface area contributed by atoms with E-state index in [1.54, 1.807) is 7.11 Å². The van der Waals surface area contributed by atoms with Crippen molar-refractivity contribution in [1.29, 1.82) is 0 Å². The molecule has 0 aromatic heterocycles. The first-order valence-electron chi connectivity index (χ1n) is 9.37. The Hall–Kier alpha value is -2.55. The smallest absolute Gasteiger partial charge is 0.232 e. The van der Waals surface area contributed by atoms with Crippen LogP contribution in [0.5, 0.6) is 5.75 Å². The van der Waals surface area contributed by atoms with Crippen LogP contribution in [-0.2, 0) is 11.3 Å². The molecule has 0 bridgehead atoms. The highest BCUT2D eigenvalue weighted by molar-refractivity contribution is 5.86. The van der Waals surface area contributed by atoms with Crippen LogP contribution in [0.3, 0.4) is 0 Å². The first-order chi connectivity index (χ1) is 12.7. The number of nitrogens with zero attached hydrogens (tertiary/aromatic N) is 1. The highest BCUT2D eigenvalue weighted by atomic mass is 16.5. The van der Waals surface area contributed by atoms with Crippen LogP contribution in [-0.4, -0.2) is 24.5 Å². The molecule has 3 heteroatoms. The minimum Gasteiger partial charge on any atom is -0.497 e. The van der Waals surface area contributed by atoms with E-state index < -0.39 is 0 Å². The Morgan fingerprint density at radius 2 is 1.88 bits per heavy atom. The molecule has 3 nitrogen and oxygen atoms in total. The number of ether oxygens (including phenoxy) is 1. The van der Waals surface area contributed by atoms with E-state index in [2.05, 4.69) is 36.4 Å². The minimum absolute atomic E-state index is 0.292. The quantitative estimate of drug-likeness (QED) is 0.760. The molecule has 26 heavy (non-hydrogen) atoms. The Bertz CT molecular complexity index is 797. The molecule has 1 aliphatic carbocycles. The number of carbonyl (C=O) groups is 1. The Morgan fingerprint density at radius 3 is 2.62 bits per heavy atom. The van der Waals surface area contributed by atoms with Crippen molar-refractivity contribution in [3.8, 4) is 5.75 Å². The molecule has 1 heterocycles. The van der Waals surface area contributed by atoms with E-state index in [4.69, 9.17) is 4.74 Å². The molecule has 2 aromatic rings. The van der Waals surface area contributed by atoms with Crippen LogP contribution in [0.1, 0.15) is 36.3 Å². The summed E-state index contributed by atoms with van der Waals surface area (Å²) in [6, 6.07) is 18.5. The number of hydrogen-bond acceptors (Lipinski definition) is 2. The zero-order valence-corrected chi connectivity index (χ0v) is 15.2. The van der Waals surface area contributed by atoms with E-state index in [1.165, 1.54) is 11.1 Å². The summed E-state index contributed by atoms with van der Waals surface area (Å²) in [5, 5.41) is 0. The van der Waals surface area contributed by atoms with E-state index in [-0.39, 0.29) is 5.41 Å². The average molecular weight is 347 g/mol. The number of rotatable bonds is 4. The Morgan fingerprint density at radius 1 is 1.12 bits per heavy atom. The molecule has 0 unspecified atom stereocenters. The number of benzene rings is 2. The van der Waals surface area contributed by atoms with E-state index in [9.17, 15) is 4.79 Å². The van der Waals surface area contributed by atoms with Gasteiger partial charge in [-0.25, -0.2) is 0 Å². The van der Waals surface area contributed by atoms with Crippen LogP contribution in [0.15, 0.2) is 66.7 Å². The summed E-state index contributed by atoms with van der Waals surface area (Å²) in [6.45, 7) is 1.57. The molecule has 1 fully saturated rings. The normalized spacial score (nSPS) is 25.0. The number of piperidine rings is 1. The van der Waals surface area contributed by atoms with Gasteiger partial charge in [0.15, 0.2) is 0 Å². The number of methoxy groups -OCH3 is 1. The number of amides is 1. The third-order valence-electron chi connectivity index (χ3n) is 5.76. The molecule has 2 atom stereocenters. The summed E-state index contributed by atoms with van der Waals surface area (Å²) < 4.78 is 5.25. The summed E-state index contributed by atoms with van der Waals surface area (Å²) in [6.07, 6.45) is 7.31. The van der Waals surface area contributed by atoms with Gasteiger partial charge in [-0.05, 0) is 42.5 Å². The van der Waals surface area contributed by atoms with Crippen LogP contribution < -0.4 is 4.74 Å². The fraction of sp³-hybridized carbons (Fsp3) is 0.348. The number of carbonyl (C=O) groups excluding carboxylic acids is 1. The van der Waals surface area contributed by atoms with Gasteiger partial charge in [-0.2, -0.15) is 0 Å². The van der Waals surface area contributed by atoms with E-state index >= 15 is 0 Å². The van der Waals surface area contributed by atoms with Gasteiger partial charge in [0.05, 0.1) is 12.5 Å². The SMILES string of the molecule is COc1ccc([C@H]2C=C[C@]3(CCCN(Cc4ccccc4)C3=O)C2)cc1. The van der Waals surface area contributed by atoms with Gasteiger partial charge in [0.1, 0.15) is 5.75 Å². The molecule has 0 saturated carbocycles. The van der Waals surface area contributed by atoms with Crippen molar-refractivity contribution in [3.63, 3.8) is 0 Å². The van der Waals surface area contributed by atoms with E-state index in [0.29, 0.717) is 18.4 Å². The summed E-state index contributed by atoms with van der Waals surface area (Å²) in [7, 11) is 1.68. The van der Waals surface area contributed by atoms with Crippen molar-refractivity contribution < 1.29 is 9.53 Å². The van der Waals surface area contributed by atoms with Crippen LogP contribution in [0, 0.1) is 5.41 Å². The van der Waals surface area contributed by atoms with Crippen molar-refractivity contribution in [1.82, 2.24) is 4.90 Å². The van der Waals surface area contributed by atoms with Gasteiger partial charge in [0, 0.05) is 19.0 Å². The van der Waals surface area contributed by atoms with Gasteiger partial charge in [-0.1, -0.05) is 54.6 Å². The fourth-order valence-corrected chi connectivity index (χ4v) is 4.32. The summed E-state index contributed by atoms with van der Waals surface area (Å²) in [4.78, 5) is 15.3. The monoisotopic (exact) mass is 347 g/mol. The van der Waals surface area contributed by atoms with Crippen molar-refractivity contribution >= 4 is 5.91 Å².